The van der Waals surface area contributed by atoms with Crippen LogP contribution >= 0.6 is 0 Å². The quantitative estimate of drug-likeness (QED) is 0.163. The Hall–Kier alpha value is -3.49. The molecule has 0 aliphatic rings. The van der Waals surface area contributed by atoms with E-state index in [1.165, 1.54) is 32.2 Å². The molecule has 0 saturated carbocycles. The topological polar surface area (TPSA) is 103 Å². The predicted molar refractivity (Wildman–Crippen MR) is 131 cm³/mol. The summed E-state index contributed by atoms with van der Waals surface area (Å²) < 4.78 is 29.5. The summed E-state index contributed by atoms with van der Waals surface area (Å²) in [5.41, 5.74) is 1.31. The SMILES string of the molecule is C=N/C(C(=O)N[C@@H](C)C(=O)O[C@@H](C)[C@H](c1ccc(F)cc1C)C(C)C)=C(OC(C)=O)\C(=C/C)OC. The highest BCUT2D eigenvalue weighted by molar-refractivity contribution is 5.97. The molecule has 0 fully saturated rings. The number of nitrogens with one attached hydrogen (secondary N) is 1. The second-order valence-corrected chi connectivity index (χ2v) is 8.39. The molecule has 1 aromatic rings. The summed E-state index contributed by atoms with van der Waals surface area (Å²) in [5.74, 6) is -2.74. The smallest absolute Gasteiger partial charge is 0.328 e. The van der Waals surface area contributed by atoms with Gasteiger partial charge in [-0.15, -0.1) is 0 Å². The van der Waals surface area contributed by atoms with Crippen molar-refractivity contribution in [2.24, 2.45) is 10.9 Å². The zero-order valence-electron chi connectivity index (χ0n) is 21.6. The Kier molecular flexibility index (Phi) is 11.3. The second-order valence-electron chi connectivity index (χ2n) is 8.39. The van der Waals surface area contributed by atoms with Crippen LogP contribution in [-0.4, -0.2) is 43.8 Å². The van der Waals surface area contributed by atoms with Crippen LogP contribution in [-0.2, 0) is 28.6 Å². The molecule has 9 heteroatoms. The zero-order chi connectivity index (χ0) is 26.9. The average molecular weight is 491 g/mol. The number of rotatable bonds is 11. The first kappa shape index (κ1) is 29.5. The Balaban J connectivity index is 3.10. The van der Waals surface area contributed by atoms with Gasteiger partial charge in [-0.2, -0.15) is 0 Å². The van der Waals surface area contributed by atoms with Crippen LogP contribution in [0, 0.1) is 18.7 Å². The standard InChI is InChI=1S/C26H35FN2O6/c1-10-21(33-9)24(35-18(7)30)23(28-8)25(31)29-16(5)26(32)34-17(6)22(14(2)3)20-12-11-19(27)13-15(20)4/h10-14,16-17,22H,8H2,1-7,9H3,(H,29,31)/b21-10+,24-23+/t16-,17-,22+/m0/s1. The summed E-state index contributed by atoms with van der Waals surface area (Å²) in [7, 11) is 1.34. The number of hydrogen-bond donors (Lipinski definition) is 1. The van der Waals surface area contributed by atoms with E-state index < -0.39 is 30.0 Å². The lowest BCUT2D eigenvalue weighted by Crippen LogP contribution is -2.42. The lowest BCUT2D eigenvalue weighted by Gasteiger charge is -2.30. The largest absolute Gasteiger partial charge is 0.493 e. The van der Waals surface area contributed by atoms with Gasteiger partial charge in [-0.3, -0.25) is 14.6 Å². The van der Waals surface area contributed by atoms with Crippen molar-refractivity contribution in [3.05, 3.63) is 58.4 Å². The maximum absolute atomic E-state index is 13.6. The summed E-state index contributed by atoms with van der Waals surface area (Å²) >= 11 is 0. The van der Waals surface area contributed by atoms with Crippen LogP contribution in [0.4, 0.5) is 4.39 Å². The van der Waals surface area contributed by atoms with Gasteiger partial charge in [0.05, 0.1) is 7.11 Å². The van der Waals surface area contributed by atoms with Gasteiger partial charge in [0.2, 0.25) is 5.76 Å². The molecule has 8 nitrogen and oxygen atoms in total. The van der Waals surface area contributed by atoms with Crippen molar-refractivity contribution in [3.63, 3.8) is 0 Å². The van der Waals surface area contributed by atoms with Crippen molar-refractivity contribution < 1.29 is 33.0 Å². The summed E-state index contributed by atoms with van der Waals surface area (Å²) in [5, 5.41) is 2.49. The molecular weight excluding hydrogens is 455 g/mol. The van der Waals surface area contributed by atoms with Gasteiger partial charge in [0.1, 0.15) is 18.0 Å². The van der Waals surface area contributed by atoms with Gasteiger partial charge in [-0.1, -0.05) is 19.9 Å². The molecule has 0 saturated heterocycles. The number of hydrogen-bond acceptors (Lipinski definition) is 7. The number of carbonyl (C=O) groups is 3. The van der Waals surface area contributed by atoms with Gasteiger partial charge < -0.3 is 19.5 Å². The first-order valence-corrected chi connectivity index (χ1v) is 11.2. The highest BCUT2D eigenvalue weighted by Gasteiger charge is 2.30. The number of aliphatic imine (C=N–C) groups is 1. The van der Waals surface area contributed by atoms with Gasteiger partial charge in [0.15, 0.2) is 11.5 Å². The highest BCUT2D eigenvalue weighted by Crippen LogP contribution is 2.32. The number of carbonyl (C=O) groups excluding carboxylic acids is 3. The van der Waals surface area contributed by atoms with Crippen molar-refractivity contribution in [2.75, 3.05) is 7.11 Å². The maximum atomic E-state index is 13.6. The Morgan fingerprint density at radius 1 is 1.17 bits per heavy atom. The molecule has 1 amide bonds. The van der Waals surface area contributed by atoms with Crippen molar-refractivity contribution in [3.8, 4) is 0 Å². The van der Waals surface area contributed by atoms with Gasteiger partial charge in [0.25, 0.3) is 5.91 Å². The van der Waals surface area contributed by atoms with Gasteiger partial charge in [-0.25, -0.2) is 9.18 Å². The number of allylic oxidation sites excluding steroid dienone is 1. The fraction of sp³-hybridized carbons (Fsp3) is 0.462. The number of nitrogens with zero attached hydrogens (tertiary/aromatic N) is 1. The molecule has 0 aromatic heterocycles. The van der Waals surface area contributed by atoms with Crippen LogP contribution in [0.1, 0.15) is 58.6 Å². The lowest BCUT2D eigenvalue weighted by atomic mass is 9.82. The fourth-order valence-corrected chi connectivity index (χ4v) is 3.80. The summed E-state index contributed by atoms with van der Waals surface area (Å²) in [6.45, 7) is 15.1. The van der Waals surface area contributed by atoms with E-state index in [1.54, 1.807) is 26.8 Å². The molecule has 0 spiro atoms. The third-order valence-corrected chi connectivity index (χ3v) is 5.36. The van der Waals surface area contributed by atoms with E-state index in [-0.39, 0.29) is 34.9 Å². The molecule has 0 heterocycles. The Labute approximate surface area is 206 Å². The number of methoxy groups -OCH3 is 1. The molecule has 35 heavy (non-hydrogen) atoms. The molecular formula is C26H35FN2O6. The first-order chi connectivity index (χ1) is 16.4. The van der Waals surface area contributed by atoms with Crippen LogP contribution in [0.15, 0.2) is 46.5 Å². The van der Waals surface area contributed by atoms with Crippen LogP contribution in [0.25, 0.3) is 0 Å². The molecule has 0 aliphatic carbocycles. The van der Waals surface area contributed by atoms with E-state index >= 15 is 0 Å². The van der Waals surface area contributed by atoms with Crippen LogP contribution in [0.2, 0.25) is 0 Å². The number of esters is 2. The van der Waals surface area contributed by atoms with E-state index in [2.05, 4.69) is 17.0 Å². The van der Waals surface area contributed by atoms with Gasteiger partial charge in [-0.05, 0) is 69.7 Å². The predicted octanol–water partition coefficient (Wildman–Crippen LogP) is 4.34. The molecule has 3 atom stereocenters. The number of aryl methyl sites for hydroxylation is 1. The Morgan fingerprint density at radius 3 is 2.26 bits per heavy atom. The van der Waals surface area contributed by atoms with Crippen molar-refractivity contribution in [1.82, 2.24) is 5.32 Å². The molecule has 1 aromatic carbocycles. The third-order valence-electron chi connectivity index (χ3n) is 5.36. The third kappa shape index (κ3) is 8.05. The van der Waals surface area contributed by atoms with Crippen molar-refractivity contribution >= 4 is 24.6 Å². The molecule has 0 radical (unpaired) electrons. The van der Waals surface area contributed by atoms with E-state index in [0.29, 0.717) is 0 Å². The van der Waals surface area contributed by atoms with Crippen LogP contribution in [0.3, 0.4) is 0 Å². The highest BCUT2D eigenvalue weighted by atomic mass is 19.1. The number of benzene rings is 1. The monoisotopic (exact) mass is 490 g/mol. The molecule has 1 N–H and O–H groups in total. The number of amides is 1. The summed E-state index contributed by atoms with van der Waals surface area (Å²) in [6, 6.07) is 3.46. The minimum Gasteiger partial charge on any atom is -0.493 e. The molecule has 0 unspecified atom stereocenters. The molecule has 0 bridgehead atoms. The van der Waals surface area contributed by atoms with Gasteiger partial charge >= 0.3 is 11.9 Å². The van der Waals surface area contributed by atoms with E-state index in [1.807, 2.05) is 13.8 Å². The van der Waals surface area contributed by atoms with Crippen molar-refractivity contribution in [1.29, 1.82) is 0 Å². The van der Waals surface area contributed by atoms with E-state index in [9.17, 15) is 18.8 Å². The summed E-state index contributed by atoms with van der Waals surface area (Å²) in [4.78, 5) is 40.9. The fourth-order valence-electron chi connectivity index (χ4n) is 3.80. The maximum Gasteiger partial charge on any atom is 0.328 e. The van der Waals surface area contributed by atoms with Gasteiger partial charge in [0, 0.05) is 12.8 Å². The van der Waals surface area contributed by atoms with Crippen molar-refractivity contribution in [2.45, 2.75) is 66.5 Å². The molecule has 1 rings (SSSR count). The summed E-state index contributed by atoms with van der Waals surface area (Å²) in [6.07, 6.45) is 0.929. The normalized spacial score (nSPS) is 14.9. The van der Waals surface area contributed by atoms with E-state index in [4.69, 9.17) is 14.2 Å². The average Bonchev–Trinajstić information content (AvgIpc) is 2.76. The Bertz CT molecular complexity index is 1020. The van der Waals surface area contributed by atoms with Crippen LogP contribution < -0.4 is 5.32 Å². The van der Waals surface area contributed by atoms with E-state index in [0.717, 1.165) is 18.1 Å². The second kappa shape index (κ2) is 13.4. The first-order valence-electron chi connectivity index (χ1n) is 11.2. The van der Waals surface area contributed by atoms with Crippen LogP contribution in [0.5, 0.6) is 0 Å². The minimum absolute atomic E-state index is 0.0888. The Morgan fingerprint density at radius 2 is 1.80 bits per heavy atom. The lowest BCUT2D eigenvalue weighted by molar-refractivity contribution is -0.153. The zero-order valence-corrected chi connectivity index (χ0v) is 21.6. The minimum atomic E-state index is -1.06. The number of halogens is 1. The molecule has 192 valence electrons. The molecule has 0 aliphatic heterocycles. The number of ether oxygens (including phenoxy) is 3.